The number of phenolic OH excluding ortho intramolecular Hbond substituents is 1. The zero-order valence-electron chi connectivity index (χ0n) is 17.9. The van der Waals surface area contributed by atoms with Crippen molar-refractivity contribution < 1.29 is 19.5 Å². The van der Waals surface area contributed by atoms with Gasteiger partial charge in [0.1, 0.15) is 5.75 Å². The molecule has 0 saturated heterocycles. The second-order valence-electron chi connectivity index (χ2n) is 7.62. The molecule has 0 unspecified atom stereocenters. The van der Waals surface area contributed by atoms with Gasteiger partial charge in [-0.15, -0.1) is 0 Å². The monoisotopic (exact) mass is 426 g/mol. The largest absolute Gasteiger partial charge is 0.508 e. The number of benzene rings is 2. The molecule has 2 rings (SSSR count). The molecule has 0 aliphatic carbocycles. The van der Waals surface area contributed by atoms with Gasteiger partial charge < -0.3 is 14.9 Å². The van der Waals surface area contributed by atoms with Gasteiger partial charge in [0.25, 0.3) is 0 Å². The Morgan fingerprint density at radius 3 is 2.33 bits per heavy atom. The van der Waals surface area contributed by atoms with Gasteiger partial charge in [-0.05, 0) is 78.6 Å². The summed E-state index contributed by atoms with van der Waals surface area (Å²) >= 11 is 0. The maximum Gasteiger partial charge on any atom is 0.325 e. The number of hydrogen-bond acceptors (Lipinski definition) is 2. The maximum absolute atomic E-state index is 11.2. The van der Waals surface area contributed by atoms with Gasteiger partial charge in [-0.3, -0.25) is 4.57 Å². The van der Waals surface area contributed by atoms with Crippen LogP contribution in [0.5, 0.6) is 5.75 Å². The number of rotatable bonds is 9. The van der Waals surface area contributed by atoms with Crippen LogP contribution in [0.15, 0.2) is 66.8 Å². The van der Waals surface area contributed by atoms with Crippen LogP contribution in [0.25, 0.3) is 0 Å². The Kier molecular flexibility index (Phi) is 8.43. The molecule has 30 heavy (non-hydrogen) atoms. The van der Waals surface area contributed by atoms with Gasteiger partial charge in [-0.25, -0.2) is 0 Å². The summed E-state index contributed by atoms with van der Waals surface area (Å²) in [5, 5.41) is 10.3. The van der Waals surface area contributed by atoms with Gasteiger partial charge in [0.05, 0.1) is 6.16 Å². The van der Waals surface area contributed by atoms with Crippen molar-refractivity contribution in [3.8, 4) is 5.75 Å². The van der Waals surface area contributed by atoms with Gasteiger partial charge in [-0.1, -0.05) is 55.1 Å². The Morgan fingerprint density at radius 2 is 1.77 bits per heavy atom. The molecule has 4 nitrogen and oxygen atoms in total. The topological polar surface area (TPSA) is 77.8 Å². The van der Waals surface area contributed by atoms with Crippen LogP contribution >= 0.6 is 7.60 Å². The van der Waals surface area contributed by atoms with Gasteiger partial charge in [0, 0.05) is 6.42 Å². The predicted octanol–water partition coefficient (Wildman–Crippen LogP) is 5.55. The van der Waals surface area contributed by atoms with Crippen LogP contribution in [-0.2, 0) is 23.8 Å². The average molecular weight is 426 g/mol. The minimum atomic E-state index is -4.00. The van der Waals surface area contributed by atoms with E-state index >= 15 is 0 Å². The van der Waals surface area contributed by atoms with E-state index in [0.717, 1.165) is 39.8 Å². The second-order valence-corrected chi connectivity index (χ2v) is 9.40. The SMILES string of the molecule is C=C/C=C\C(=C/C)Cc1cc(Cc2c(C)cc(CCP(=O)(O)O)cc2C)ccc1O. The molecule has 0 aliphatic rings. The molecular weight excluding hydrogens is 395 g/mol. The van der Waals surface area contributed by atoms with Gasteiger partial charge in [0.15, 0.2) is 0 Å². The van der Waals surface area contributed by atoms with E-state index in [-0.39, 0.29) is 11.9 Å². The third-order valence-electron chi connectivity index (χ3n) is 5.18. The Bertz CT molecular complexity index is 989. The van der Waals surface area contributed by atoms with Crippen molar-refractivity contribution in [1.82, 2.24) is 0 Å². The van der Waals surface area contributed by atoms with Crippen molar-refractivity contribution in [3.05, 3.63) is 100 Å². The van der Waals surface area contributed by atoms with Gasteiger partial charge in [0.2, 0.25) is 0 Å². The second kappa shape index (κ2) is 10.6. The van der Waals surface area contributed by atoms with Crippen molar-refractivity contribution in [2.24, 2.45) is 0 Å². The van der Waals surface area contributed by atoms with Crippen molar-refractivity contribution in [2.75, 3.05) is 6.16 Å². The van der Waals surface area contributed by atoms with Crippen molar-refractivity contribution in [3.63, 3.8) is 0 Å². The van der Waals surface area contributed by atoms with Gasteiger partial charge >= 0.3 is 7.60 Å². The first-order valence-corrected chi connectivity index (χ1v) is 11.8. The molecule has 2 aromatic rings. The minimum Gasteiger partial charge on any atom is -0.508 e. The van der Waals surface area contributed by atoms with E-state index in [1.165, 1.54) is 5.56 Å². The van der Waals surface area contributed by atoms with E-state index in [2.05, 4.69) is 6.58 Å². The number of hydrogen-bond donors (Lipinski definition) is 3. The standard InChI is InChI=1S/C25H31O4P/c1-5-7-8-20(6-2)15-23-16-21(9-10-25(23)26)17-24-18(3)13-22(14-19(24)4)11-12-30(27,28)29/h5-10,13-14,16,26H,1,11-12,15,17H2,2-4H3,(H2,27,28,29)/b8-7-,20-6+. The fourth-order valence-corrected chi connectivity index (χ4v) is 4.09. The summed E-state index contributed by atoms with van der Waals surface area (Å²) in [6.45, 7) is 9.73. The number of aryl methyl sites for hydroxylation is 3. The minimum absolute atomic E-state index is 0.139. The molecule has 0 bridgehead atoms. The lowest BCUT2D eigenvalue weighted by Gasteiger charge is -2.15. The van der Waals surface area contributed by atoms with Crippen LogP contribution in [0.2, 0.25) is 0 Å². The molecule has 0 heterocycles. The Hall–Kier alpha value is -2.39. The lowest BCUT2D eigenvalue weighted by Crippen LogP contribution is -2.01. The quantitative estimate of drug-likeness (QED) is 0.363. The molecule has 0 amide bonds. The molecule has 5 heteroatoms. The summed E-state index contributed by atoms with van der Waals surface area (Å²) in [7, 11) is -4.00. The molecule has 0 saturated carbocycles. The van der Waals surface area contributed by atoms with E-state index in [0.29, 0.717) is 12.8 Å². The molecule has 0 fully saturated rings. The molecule has 160 valence electrons. The average Bonchev–Trinajstić information content (AvgIpc) is 2.67. The zero-order chi connectivity index (χ0) is 22.3. The first kappa shape index (κ1) is 23.9. The van der Waals surface area contributed by atoms with Crippen LogP contribution < -0.4 is 0 Å². The molecular formula is C25H31O4P. The van der Waals surface area contributed by atoms with Crippen molar-refractivity contribution in [1.29, 1.82) is 0 Å². The van der Waals surface area contributed by atoms with Crippen molar-refractivity contribution >= 4 is 7.60 Å². The summed E-state index contributed by atoms with van der Waals surface area (Å²) in [6.07, 6.45) is 9.23. The fourth-order valence-electron chi connectivity index (χ4n) is 3.54. The fraction of sp³-hybridized carbons (Fsp3) is 0.280. The number of phenols is 1. The van der Waals surface area contributed by atoms with E-state index in [1.54, 1.807) is 12.1 Å². The highest BCUT2D eigenvalue weighted by molar-refractivity contribution is 7.51. The van der Waals surface area contributed by atoms with Crippen LogP contribution in [-0.4, -0.2) is 21.1 Å². The molecule has 2 aromatic carbocycles. The first-order valence-electron chi connectivity index (χ1n) is 10.0. The molecule has 0 atom stereocenters. The third-order valence-corrected chi connectivity index (χ3v) is 5.99. The highest BCUT2D eigenvalue weighted by Gasteiger charge is 2.14. The van der Waals surface area contributed by atoms with Crippen LogP contribution in [0, 0.1) is 13.8 Å². The van der Waals surface area contributed by atoms with Crippen LogP contribution in [0.1, 0.15) is 40.3 Å². The lowest BCUT2D eigenvalue weighted by molar-refractivity contribution is 0.373. The van der Waals surface area contributed by atoms with E-state index in [9.17, 15) is 9.67 Å². The molecule has 0 aromatic heterocycles. The van der Waals surface area contributed by atoms with Crippen molar-refractivity contribution in [2.45, 2.75) is 40.0 Å². The summed E-state index contributed by atoms with van der Waals surface area (Å²) in [6, 6.07) is 9.75. The predicted molar refractivity (Wildman–Crippen MR) is 124 cm³/mol. The van der Waals surface area contributed by atoms with Crippen LogP contribution in [0.3, 0.4) is 0 Å². The van der Waals surface area contributed by atoms with Gasteiger partial charge in [-0.2, -0.15) is 0 Å². The molecule has 3 N–H and O–H groups in total. The molecule has 0 radical (unpaired) electrons. The summed E-state index contributed by atoms with van der Waals surface area (Å²) < 4.78 is 11.2. The Morgan fingerprint density at radius 1 is 1.10 bits per heavy atom. The Labute approximate surface area is 179 Å². The lowest BCUT2D eigenvalue weighted by atomic mass is 9.92. The Balaban J connectivity index is 2.25. The highest BCUT2D eigenvalue weighted by Crippen LogP contribution is 2.35. The highest BCUT2D eigenvalue weighted by atomic mass is 31.2. The summed E-state index contributed by atoms with van der Waals surface area (Å²) in [5.41, 5.74) is 7.44. The summed E-state index contributed by atoms with van der Waals surface area (Å²) in [4.78, 5) is 18.2. The molecule has 0 spiro atoms. The zero-order valence-corrected chi connectivity index (χ0v) is 18.8. The van der Waals surface area contributed by atoms with E-state index < -0.39 is 7.60 Å². The smallest absolute Gasteiger partial charge is 0.325 e. The molecule has 0 aliphatic heterocycles. The third kappa shape index (κ3) is 7.14. The number of aromatic hydroxyl groups is 1. The van der Waals surface area contributed by atoms with Crippen LogP contribution in [0.4, 0.5) is 0 Å². The van der Waals surface area contributed by atoms with E-state index in [4.69, 9.17) is 9.79 Å². The normalized spacial score (nSPS) is 12.5. The number of allylic oxidation sites excluding steroid dienone is 5. The summed E-state index contributed by atoms with van der Waals surface area (Å²) in [5.74, 6) is 0.284. The maximum atomic E-state index is 11.2. The first-order chi connectivity index (χ1) is 14.1. The van der Waals surface area contributed by atoms with E-state index in [1.807, 2.05) is 63.3 Å².